The normalized spacial score (nSPS) is 17.9. The molecular formula is C16H31N3O2. The Morgan fingerprint density at radius 2 is 1.90 bits per heavy atom. The van der Waals surface area contributed by atoms with Crippen molar-refractivity contribution in [2.75, 3.05) is 19.6 Å². The van der Waals surface area contributed by atoms with Crippen LogP contribution in [0.2, 0.25) is 0 Å². The van der Waals surface area contributed by atoms with Gasteiger partial charge in [0.15, 0.2) is 0 Å². The van der Waals surface area contributed by atoms with Crippen LogP contribution in [-0.2, 0) is 9.59 Å². The van der Waals surface area contributed by atoms with Crippen molar-refractivity contribution in [3.8, 4) is 0 Å². The van der Waals surface area contributed by atoms with E-state index in [4.69, 9.17) is 5.73 Å². The third-order valence-corrected chi connectivity index (χ3v) is 4.31. The predicted octanol–water partition coefficient (Wildman–Crippen LogP) is 1.51. The van der Waals surface area contributed by atoms with Gasteiger partial charge in [0.1, 0.15) is 0 Å². The molecule has 1 aliphatic rings. The van der Waals surface area contributed by atoms with Crippen molar-refractivity contribution >= 4 is 11.8 Å². The van der Waals surface area contributed by atoms with E-state index in [-0.39, 0.29) is 23.8 Å². The van der Waals surface area contributed by atoms with Crippen molar-refractivity contribution in [3.05, 3.63) is 0 Å². The molecule has 0 saturated carbocycles. The summed E-state index contributed by atoms with van der Waals surface area (Å²) in [5, 5.41) is 2.98. The van der Waals surface area contributed by atoms with Gasteiger partial charge < -0.3 is 16.0 Å². The van der Waals surface area contributed by atoms with Crippen LogP contribution in [-0.4, -0.2) is 42.4 Å². The van der Waals surface area contributed by atoms with Crippen molar-refractivity contribution in [2.24, 2.45) is 17.6 Å². The number of nitrogens with one attached hydrogen (secondary N) is 1. The average molecular weight is 297 g/mol. The van der Waals surface area contributed by atoms with E-state index in [1.165, 1.54) is 0 Å². The molecule has 5 heteroatoms. The number of nitrogens with two attached hydrogens (primary N) is 1. The standard InChI is InChI=1S/C16H31N3O2/c1-4-5-8-18-16(21)13-6-9-19(10-7-13)15(20)11-14(17)12(2)3/h12-14H,4-11,17H2,1-3H3,(H,18,21). The molecule has 1 fully saturated rings. The van der Waals surface area contributed by atoms with Gasteiger partial charge in [0.2, 0.25) is 11.8 Å². The summed E-state index contributed by atoms with van der Waals surface area (Å²) in [6.07, 6.45) is 4.05. The van der Waals surface area contributed by atoms with Crippen LogP contribution in [0, 0.1) is 11.8 Å². The number of rotatable bonds is 7. The van der Waals surface area contributed by atoms with Crippen molar-refractivity contribution < 1.29 is 9.59 Å². The Morgan fingerprint density at radius 1 is 1.29 bits per heavy atom. The lowest BCUT2D eigenvalue weighted by Crippen LogP contribution is -2.45. The summed E-state index contributed by atoms with van der Waals surface area (Å²) in [7, 11) is 0. The molecule has 1 heterocycles. The van der Waals surface area contributed by atoms with E-state index < -0.39 is 0 Å². The van der Waals surface area contributed by atoms with Gasteiger partial charge in [-0.15, -0.1) is 0 Å². The first-order chi connectivity index (χ1) is 9.95. The molecule has 1 unspecified atom stereocenters. The number of carbonyl (C=O) groups is 2. The molecule has 2 amide bonds. The maximum absolute atomic E-state index is 12.1. The fourth-order valence-corrected chi connectivity index (χ4v) is 2.49. The number of hydrogen-bond donors (Lipinski definition) is 2. The third kappa shape index (κ3) is 6.04. The van der Waals surface area contributed by atoms with Gasteiger partial charge in [-0.25, -0.2) is 0 Å². The molecule has 0 spiro atoms. The van der Waals surface area contributed by atoms with E-state index in [0.29, 0.717) is 25.4 Å². The molecule has 3 N–H and O–H groups in total. The summed E-state index contributed by atoms with van der Waals surface area (Å²) in [5.74, 6) is 0.649. The van der Waals surface area contributed by atoms with Gasteiger partial charge in [0, 0.05) is 38.0 Å². The zero-order valence-corrected chi connectivity index (χ0v) is 13.7. The van der Waals surface area contributed by atoms with Crippen LogP contribution in [0.3, 0.4) is 0 Å². The van der Waals surface area contributed by atoms with E-state index in [2.05, 4.69) is 12.2 Å². The van der Waals surface area contributed by atoms with Crippen molar-refractivity contribution in [1.82, 2.24) is 10.2 Å². The molecule has 0 radical (unpaired) electrons. The highest BCUT2D eigenvalue weighted by Crippen LogP contribution is 2.18. The minimum atomic E-state index is -0.0763. The molecule has 0 aromatic heterocycles. The maximum Gasteiger partial charge on any atom is 0.224 e. The van der Waals surface area contributed by atoms with Crippen LogP contribution in [0.5, 0.6) is 0 Å². The topological polar surface area (TPSA) is 75.4 Å². The molecule has 1 rings (SSSR count). The first kappa shape index (κ1) is 18.0. The Morgan fingerprint density at radius 3 is 2.43 bits per heavy atom. The molecular weight excluding hydrogens is 266 g/mol. The Balaban J connectivity index is 2.31. The molecule has 122 valence electrons. The summed E-state index contributed by atoms with van der Waals surface area (Å²) in [5.41, 5.74) is 5.96. The van der Waals surface area contributed by atoms with Gasteiger partial charge in [-0.3, -0.25) is 9.59 Å². The Kier molecular flexibility index (Phi) is 7.72. The summed E-state index contributed by atoms with van der Waals surface area (Å²) in [6, 6.07) is -0.0763. The third-order valence-electron chi connectivity index (χ3n) is 4.31. The second kappa shape index (κ2) is 9.03. The number of amides is 2. The second-order valence-electron chi connectivity index (χ2n) is 6.41. The van der Waals surface area contributed by atoms with Crippen molar-refractivity contribution in [2.45, 2.75) is 58.9 Å². The second-order valence-corrected chi connectivity index (χ2v) is 6.41. The van der Waals surface area contributed by atoms with Crippen LogP contribution in [0.25, 0.3) is 0 Å². The number of carbonyl (C=O) groups excluding carboxylic acids is 2. The smallest absolute Gasteiger partial charge is 0.224 e. The molecule has 0 aliphatic carbocycles. The van der Waals surface area contributed by atoms with E-state index in [1.54, 1.807) is 0 Å². The summed E-state index contributed by atoms with van der Waals surface area (Å²) in [6.45, 7) is 8.29. The van der Waals surface area contributed by atoms with Gasteiger partial charge in [-0.2, -0.15) is 0 Å². The molecule has 0 aromatic rings. The maximum atomic E-state index is 12.1. The van der Waals surface area contributed by atoms with E-state index in [1.807, 2.05) is 18.7 Å². The molecule has 1 atom stereocenters. The van der Waals surface area contributed by atoms with Crippen LogP contribution in [0.1, 0.15) is 52.9 Å². The zero-order chi connectivity index (χ0) is 15.8. The lowest BCUT2D eigenvalue weighted by atomic mass is 9.94. The van der Waals surface area contributed by atoms with Gasteiger partial charge in [0.05, 0.1) is 0 Å². The quantitative estimate of drug-likeness (QED) is 0.700. The fourth-order valence-electron chi connectivity index (χ4n) is 2.49. The van der Waals surface area contributed by atoms with E-state index in [0.717, 1.165) is 32.2 Å². The number of hydrogen-bond acceptors (Lipinski definition) is 3. The molecule has 5 nitrogen and oxygen atoms in total. The largest absolute Gasteiger partial charge is 0.356 e. The summed E-state index contributed by atoms with van der Waals surface area (Å²) in [4.78, 5) is 26.0. The van der Waals surface area contributed by atoms with E-state index in [9.17, 15) is 9.59 Å². The molecule has 1 saturated heterocycles. The van der Waals surface area contributed by atoms with Gasteiger partial charge in [-0.05, 0) is 25.2 Å². The molecule has 21 heavy (non-hydrogen) atoms. The van der Waals surface area contributed by atoms with Crippen molar-refractivity contribution in [3.63, 3.8) is 0 Å². The SMILES string of the molecule is CCCCNC(=O)C1CCN(C(=O)CC(N)C(C)C)CC1. The van der Waals surface area contributed by atoms with Gasteiger partial charge >= 0.3 is 0 Å². The van der Waals surface area contributed by atoms with Crippen molar-refractivity contribution in [1.29, 1.82) is 0 Å². The minimum Gasteiger partial charge on any atom is -0.356 e. The van der Waals surface area contributed by atoms with Crippen LogP contribution < -0.4 is 11.1 Å². The lowest BCUT2D eigenvalue weighted by molar-refractivity contribution is -0.136. The zero-order valence-electron chi connectivity index (χ0n) is 13.7. The highest BCUT2D eigenvalue weighted by Gasteiger charge is 2.27. The number of piperidine rings is 1. The minimum absolute atomic E-state index is 0.0599. The van der Waals surface area contributed by atoms with Crippen LogP contribution in [0.4, 0.5) is 0 Å². The number of unbranched alkanes of at least 4 members (excludes halogenated alkanes) is 1. The Bertz CT molecular complexity index is 336. The molecule has 1 aliphatic heterocycles. The van der Waals surface area contributed by atoms with Crippen LogP contribution >= 0.6 is 0 Å². The molecule has 0 aromatic carbocycles. The summed E-state index contributed by atoms with van der Waals surface area (Å²) < 4.78 is 0. The highest BCUT2D eigenvalue weighted by molar-refractivity contribution is 5.80. The fraction of sp³-hybridized carbons (Fsp3) is 0.875. The van der Waals surface area contributed by atoms with Gasteiger partial charge in [0.25, 0.3) is 0 Å². The van der Waals surface area contributed by atoms with Crippen LogP contribution in [0.15, 0.2) is 0 Å². The summed E-state index contributed by atoms with van der Waals surface area (Å²) >= 11 is 0. The van der Waals surface area contributed by atoms with Gasteiger partial charge in [-0.1, -0.05) is 27.2 Å². The average Bonchev–Trinajstić information content (AvgIpc) is 2.47. The number of nitrogens with zero attached hydrogens (tertiary/aromatic N) is 1. The van der Waals surface area contributed by atoms with E-state index >= 15 is 0 Å². The first-order valence-electron chi connectivity index (χ1n) is 8.26. The highest BCUT2D eigenvalue weighted by atomic mass is 16.2. The molecule has 0 bridgehead atoms. The monoisotopic (exact) mass is 297 g/mol. The lowest BCUT2D eigenvalue weighted by Gasteiger charge is -2.32. The number of likely N-dealkylation sites (tertiary alicyclic amines) is 1. The first-order valence-corrected chi connectivity index (χ1v) is 8.26. The Hall–Kier alpha value is -1.10. The Labute approximate surface area is 128 Å². The predicted molar refractivity (Wildman–Crippen MR) is 84.7 cm³/mol.